The Hall–Kier alpha value is -1.95. The first-order valence-electron chi connectivity index (χ1n) is 6.00. The highest BCUT2D eigenvalue weighted by molar-refractivity contribution is 6.39. The Balaban J connectivity index is 1.84. The van der Waals surface area contributed by atoms with E-state index in [0.717, 1.165) is 18.9 Å². The van der Waals surface area contributed by atoms with Crippen molar-refractivity contribution >= 4 is 17.5 Å². The van der Waals surface area contributed by atoms with Crippen LogP contribution in [-0.4, -0.2) is 30.1 Å². The van der Waals surface area contributed by atoms with E-state index in [1.165, 1.54) is 18.2 Å². The first-order valence-corrected chi connectivity index (χ1v) is 6.00. The summed E-state index contributed by atoms with van der Waals surface area (Å²) in [5.74, 6) is -2.13. The second-order valence-corrected chi connectivity index (χ2v) is 4.81. The van der Waals surface area contributed by atoms with E-state index >= 15 is 0 Å². The largest absolute Gasteiger partial charge is 0.396 e. The van der Waals surface area contributed by atoms with E-state index in [2.05, 4.69) is 10.6 Å². The first kappa shape index (κ1) is 13.5. The molecule has 6 heteroatoms. The molecule has 0 atom stereocenters. The van der Waals surface area contributed by atoms with Crippen LogP contribution in [0, 0.1) is 11.2 Å². The number of aliphatic hydroxyl groups is 1. The third-order valence-electron chi connectivity index (χ3n) is 3.21. The van der Waals surface area contributed by atoms with Crippen LogP contribution in [0.25, 0.3) is 0 Å². The van der Waals surface area contributed by atoms with Gasteiger partial charge in [-0.25, -0.2) is 4.39 Å². The molecular weight excluding hydrogens is 251 g/mol. The van der Waals surface area contributed by atoms with Crippen molar-refractivity contribution in [1.29, 1.82) is 0 Å². The van der Waals surface area contributed by atoms with Gasteiger partial charge in [-0.3, -0.25) is 9.59 Å². The molecule has 1 aromatic carbocycles. The monoisotopic (exact) mass is 266 g/mol. The highest BCUT2D eigenvalue weighted by Gasteiger charge is 2.42. The van der Waals surface area contributed by atoms with Crippen LogP contribution in [-0.2, 0) is 9.59 Å². The second kappa shape index (κ2) is 5.36. The molecule has 0 spiro atoms. The van der Waals surface area contributed by atoms with E-state index < -0.39 is 17.6 Å². The van der Waals surface area contributed by atoms with Crippen molar-refractivity contribution in [2.75, 3.05) is 18.5 Å². The number of rotatable bonds is 4. The molecule has 0 radical (unpaired) electrons. The van der Waals surface area contributed by atoms with Gasteiger partial charge in [-0.05, 0) is 31.0 Å². The van der Waals surface area contributed by atoms with E-state index in [4.69, 9.17) is 5.11 Å². The lowest BCUT2D eigenvalue weighted by atomic mass is 10.1. The van der Waals surface area contributed by atoms with Gasteiger partial charge in [0.1, 0.15) is 5.82 Å². The van der Waals surface area contributed by atoms with Gasteiger partial charge >= 0.3 is 11.8 Å². The average Bonchev–Trinajstić information content (AvgIpc) is 3.16. The van der Waals surface area contributed by atoms with Crippen molar-refractivity contribution in [1.82, 2.24) is 5.32 Å². The van der Waals surface area contributed by atoms with Crippen LogP contribution in [0.4, 0.5) is 10.1 Å². The lowest BCUT2D eigenvalue weighted by Crippen LogP contribution is -2.39. The normalized spacial score (nSPS) is 15.7. The van der Waals surface area contributed by atoms with E-state index in [1.54, 1.807) is 0 Å². The fraction of sp³-hybridized carbons (Fsp3) is 0.385. The molecule has 3 N–H and O–H groups in total. The van der Waals surface area contributed by atoms with E-state index in [9.17, 15) is 14.0 Å². The molecule has 2 amide bonds. The minimum atomic E-state index is -0.848. The number of nitrogens with one attached hydrogen (secondary N) is 2. The van der Waals surface area contributed by atoms with Gasteiger partial charge in [0.05, 0.1) is 6.61 Å². The van der Waals surface area contributed by atoms with Gasteiger partial charge in [0.15, 0.2) is 0 Å². The summed E-state index contributed by atoms with van der Waals surface area (Å²) in [6.45, 7) is 0.275. The molecular formula is C13H15FN2O3. The fourth-order valence-corrected chi connectivity index (χ4v) is 1.67. The van der Waals surface area contributed by atoms with Gasteiger partial charge < -0.3 is 15.7 Å². The van der Waals surface area contributed by atoms with Crippen LogP contribution in [0.1, 0.15) is 12.8 Å². The summed E-state index contributed by atoms with van der Waals surface area (Å²) in [7, 11) is 0. The van der Waals surface area contributed by atoms with Crippen LogP contribution in [0.15, 0.2) is 24.3 Å². The van der Waals surface area contributed by atoms with Gasteiger partial charge in [-0.2, -0.15) is 0 Å². The summed E-state index contributed by atoms with van der Waals surface area (Å²) in [6.07, 6.45) is 1.69. The molecule has 5 nitrogen and oxygen atoms in total. The van der Waals surface area contributed by atoms with Crippen LogP contribution in [0.5, 0.6) is 0 Å². The number of amides is 2. The zero-order valence-electron chi connectivity index (χ0n) is 10.3. The van der Waals surface area contributed by atoms with Gasteiger partial charge in [0, 0.05) is 17.6 Å². The zero-order valence-corrected chi connectivity index (χ0v) is 10.3. The third-order valence-corrected chi connectivity index (χ3v) is 3.21. The number of hydrogen-bond donors (Lipinski definition) is 3. The Morgan fingerprint density at radius 2 is 2.05 bits per heavy atom. The quantitative estimate of drug-likeness (QED) is 0.700. The molecule has 0 heterocycles. The van der Waals surface area contributed by atoms with Gasteiger partial charge in [-0.1, -0.05) is 6.07 Å². The molecule has 0 aliphatic heterocycles. The Morgan fingerprint density at radius 1 is 1.32 bits per heavy atom. The molecule has 2 rings (SSSR count). The third kappa shape index (κ3) is 3.51. The summed E-state index contributed by atoms with van der Waals surface area (Å²) >= 11 is 0. The van der Waals surface area contributed by atoms with Crippen molar-refractivity contribution in [3.8, 4) is 0 Å². The molecule has 0 bridgehead atoms. The number of halogens is 1. The SMILES string of the molecule is O=C(NCC1(CO)CC1)C(=O)Nc1cccc(F)c1. The van der Waals surface area contributed by atoms with Crippen molar-refractivity contribution in [2.24, 2.45) is 5.41 Å². The molecule has 1 fully saturated rings. The van der Waals surface area contributed by atoms with E-state index in [-0.39, 0.29) is 24.3 Å². The summed E-state index contributed by atoms with van der Waals surface area (Å²) < 4.78 is 12.9. The Kier molecular flexibility index (Phi) is 3.80. The van der Waals surface area contributed by atoms with Gasteiger partial charge in [0.2, 0.25) is 0 Å². The van der Waals surface area contributed by atoms with E-state index in [0.29, 0.717) is 0 Å². The fourth-order valence-electron chi connectivity index (χ4n) is 1.67. The van der Waals surface area contributed by atoms with Crippen molar-refractivity contribution in [3.63, 3.8) is 0 Å². The summed E-state index contributed by atoms with van der Waals surface area (Å²) in [5.41, 5.74) is -0.0298. The smallest absolute Gasteiger partial charge is 0.313 e. The maximum Gasteiger partial charge on any atom is 0.313 e. The minimum absolute atomic E-state index is 0.00119. The average molecular weight is 266 g/mol. The highest BCUT2D eigenvalue weighted by atomic mass is 19.1. The van der Waals surface area contributed by atoms with E-state index in [1.807, 2.05) is 0 Å². The topological polar surface area (TPSA) is 78.4 Å². The molecule has 1 aromatic rings. The van der Waals surface area contributed by atoms with Crippen molar-refractivity contribution in [3.05, 3.63) is 30.1 Å². The first-order chi connectivity index (χ1) is 9.04. The maximum atomic E-state index is 12.9. The number of aliphatic hydroxyl groups excluding tert-OH is 1. The molecule has 0 unspecified atom stereocenters. The molecule has 1 aliphatic carbocycles. The summed E-state index contributed by atoms with van der Waals surface area (Å²) in [6, 6.07) is 5.30. The summed E-state index contributed by atoms with van der Waals surface area (Å²) in [5, 5.41) is 13.9. The van der Waals surface area contributed by atoms with Crippen LogP contribution >= 0.6 is 0 Å². The molecule has 19 heavy (non-hydrogen) atoms. The number of carbonyl (C=O) groups excluding carboxylic acids is 2. The van der Waals surface area contributed by atoms with Crippen LogP contribution in [0.3, 0.4) is 0 Å². The maximum absolute atomic E-state index is 12.9. The number of carbonyl (C=O) groups is 2. The van der Waals surface area contributed by atoms with Gasteiger partial charge in [0.25, 0.3) is 0 Å². The Labute approximate surface area is 109 Å². The predicted octanol–water partition coefficient (Wildman–Crippen LogP) is 0.653. The molecule has 102 valence electrons. The zero-order chi connectivity index (χ0) is 13.9. The summed E-state index contributed by atoms with van der Waals surface area (Å²) in [4.78, 5) is 23.1. The van der Waals surface area contributed by atoms with Crippen LogP contribution < -0.4 is 10.6 Å². The molecule has 1 saturated carbocycles. The van der Waals surface area contributed by atoms with Crippen molar-refractivity contribution < 1.29 is 19.1 Å². The Morgan fingerprint density at radius 3 is 2.63 bits per heavy atom. The van der Waals surface area contributed by atoms with Crippen molar-refractivity contribution in [2.45, 2.75) is 12.8 Å². The molecule has 1 aliphatic rings. The lowest BCUT2D eigenvalue weighted by molar-refractivity contribution is -0.136. The Bertz CT molecular complexity index is 500. The number of anilines is 1. The molecule has 0 aromatic heterocycles. The standard InChI is InChI=1S/C13H15FN2O3/c14-9-2-1-3-10(6-9)16-12(19)11(18)15-7-13(8-17)4-5-13/h1-3,6,17H,4-5,7-8H2,(H,15,18)(H,16,19). The minimum Gasteiger partial charge on any atom is -0.396 e. The predicted molar refractivity (Wildman–Crippen MR) is 66.8 cm³/mol. The highest BCUT2D eigenvalue weighted by Crippen LogP contribution is 2.44. The molecule has 0 saturated heterocycles. The lowest BCUT2D eigenvalue weighted by Gasteiger charge is -2.12. The van der Waals surface area contributed by atoms with Crippen LogP contribution in [0.2, 0.25) is 0 Å². The van der Waals surface area contributed by atoms with Gasteiger partial charge in [-0.15, -0.1) is 0 Å². The number of hydrogen-bond acceptors (Lipinski definition) is 3. The second-order valence-electron chi connectivity index (χ2n) is 4.81. The number of benzene rings is 1.